The van der Waals surface area contributed by atoms with Crippen molar-refractivity contribution < 1.29 is 4.79 Å². The molecule has 0 aliphatic rings. The molecule has 20 heavy (non-hydrogen) atoms. The van der Waals surface area contributed by atoms with E-state index in [4.69, 9.17) is 23.2 Å². The molecule has 0 unspecified atom stereocenters. The zero-order chi connectivity index (χ0) is 15.0. The zero-order valence-electron chi connectivity index (χ0n) is 11.9. The molecule has 0 spiro atoms. The van der Waals surface area contributed by atoms with Gasteiger partial charge < -0.3 is 15.5 Å². The zero-order valence-corrected chi connectivity index (χ0v) is 13.4. The summed E-state index contributed by atoms with van der Waals surface area (Å²) in [6.45, 7) is 2.66. The van der Waals surface area contributed by atoms with Crippen molar-refractivity contribution in [2.45, 2.75) is 12.8 Å². The minimum Gasteiger partial charge on any atom is -0.325 e. The van der Waals surface area contributed by atoms with Crippen molar-refractivity contribution in [1.29, 1.82) is 0 Å². The van der Waals surface area contributed by atoms with E-state index < -0.39 is 0 Å². The van der Waals surface area contributed by atoms with Gasteiger partial charge >= 0.3 is 0 Å². The van der Waals surface area contributed by atoms with Gasteiger partial charge in [-0.2, -0.15) is 0 Å². The van der Waals surface area contributed by atoms with Crippen molar-refractivity contribution in [2.75, 3.05) is 39.0 Å². The molecule has 0 fully saturated rings. The molecule has 1 aromatic carbocycles. The fraction of sp³-hybridized carbons (Fsp3) is 0.500. The molecule has 0 saturated heterocycles. The van der Waals surface area contributed by atoms with Gasteiger partial charge in [0.1, 0.15) is 0 Å². The maximum atomic E-state index is 11.9. The van der Waals surface area contributed by atoms with Gasteiger partial charge in [0.2, 0.25) is 5.91 Å². The highest BCUT2D eigenvalue weighted by Crippen LogP contribution is 2.25. The van der Waals surface area contributed by atoms with Crippen LogP contribution in [-0.4, -0.2) is 44.5 Å². The molecular formula is C14H21Cl2N3O. The van der Waals surface area contributed by atoms with Crippen molar-refractivity contribution in [1.82, 2.24) is 10.2 Å². The van der Waals surface area contributed by atoms with Crippen LogP contribution in [0.4, 0.5) is 5.69 Å². The smallest absolute Gasteiger partial charge is 0.225 e. The summed E-state index contributed by atoms with van der Waals surface area (Å²) in [6, 6.07) is 5.01. The van der Waals surface area contributed by atoms with Gasteiger partial charge in [-0.1, -0.05) is 23.2 Å². The largest absolute Gasteiger partial charge is 0.325 e. The summed E-state index contributed by atoms with van der Waals surface area (Å²) in [5.41, 5.74) is 0.557. The Labute approximate surface area is 130 Å². The average molecular weight is 318 g/mol. The molecule has 1 rings (SSSR count). The lowest BCUT2D eigenvalue weighted by molar-refractivity contribution is -0.116. The summed E-state index contributed by atoms with van der Waals surface area (Å²) in [5.74, 6) is -0.0605. The summed E-state index contributed by atoms with van der Waals surface area (Å²) in [4.78, 5) is 14.0. The maximum absolute atomic E-state index is 11.9. The van der Waals surface area contributed by atoms with Crippen LogP contribution in [0, 0.1) is 0 Å². The molecule has 4 nitrogen and oxygen atoms in total. The maximum Gasteiger partial charge on any atom is 0.225 e. The van der Waals surface area contributed by atoms with Gasteiger partial charge in [-0.05, 0) is 51.8 Å². The minimum atomic E-state index is -0.0605. The van der Waals surface area contributed by atoms with Crippen LogP contribution in [0.1, 0.15) is 12.8 Å². The first-order valence-corrected chi connectivity index (χ1v) is 7.36. The first kappa shape index (κ1) is 17.2. The molecule has 0 aliphatic heterocycles. The van der Waals surface area contributed by atoms with Crippen molar-refractivity contribution >= 4 is 34.8 Å². The molecule has 0 atom stereocenters. The van der Waals surface area contributed by atoms with Crippen LogP contribution in [-0.2, 0) is 4.79 Å². The van der Waals surface area contributed by atoms with Gasteiger partial charge in [0.15, 0.2) is 0 Å². The lowest BCUT2D eigenvalue weighted by Crippen LogP contribution is -2.27. The number of halogens is 2. The molecule has 6 heteroatoms. The Hall–Kier alpha value is -0.810. The summed E-state index contributed by atoms with van der Waals surface area (Å²) < 4.78 is 0. The van der Waals surface area contributed by atoms with Crippen molar-refractivity contribution in [3.63, 3.8) is 0 Å². The van der Waals surface area contributed by atoms with Gasteiger partial charge in [0.25, 0.3) is 0 Å². The van der Waals surface area contributed by atoms with E-state index in [1.165, 1.54) is 0 Å². The Balaban J connectivity index is 2.34. The highest BCUT2D eigenvalue weighted by molar-refractivity contribution is 6.35. The topological polar surface area (TPSA) is 44.4 Å². The Morgan fingerprint density at radius 3 is 2.75 bits per heavy atom. The van der Waals surface area contributed by atoms with Crippen molar-refractivity contribution in [2.24, 2.45) is 0 Å². The van der Waals surface area contributed by atoms with E-state index in [2.05, 4.69) is 15.5 Å². The fourth-order valence-corrected chi connectivity index (χ4v) is 2.07. The molecule has 0 bridgehead atoms. The average Bonchev–Trinajstić information content (AvgIpc) is 2.41. The molecule has 0 saturated carbocycles. The third-order valence-corrected chi connectivity index (χ3v) is 3.45. The summed E-state index contributed by atoms with van der Waals surface area (Å²) in [7, 11) is 3.94. The van der Waals surface area contributed by atoms with Crippen LogP contribution >= 0.6 is 23.2 Å². The third kappa shape index (κ3) is 6.57. The van der Waals surface area contributed by atoms with Crippen LogP contribution in [0.2, 0.25) is 10.0 Å². The Kier molecular flexibility index (Phi) is 7.92. The highest BCUT2D eigenvalue weighted by Gasteiger charge is 2.08. The minimum absolute atomic E-state index is 0.0605. The van der Waals surface area contributed by atoms with Gasteiger partial charge in [0, 0.05) is 18.0 Å². The molecule has 2 N–H and O–H groups in total. The van der Waals surface area contributed by atoms with E-state index in [1.807, 2.05) is 14.1 Å². The van der Waals surface area contributed by atoms with Gasteiger partial charge in [-0.15, -0.1) is 0 Å². The lowest BCUT2D eigenvalue weighted by atomic mass is 10.3. The molecule has 1 amide bonds. The number of nitrogens with one attached hydrogen (secondary N) is 2. The molecule has 0 radical (unpaired) electrons. The number of hydrogen-bond donors (Lipinski definition) is 2. The first-order valence-electron chi connectivity index (χ1n) is 6.61. The Bertz CT molecular complexity index is 440. The predicted molar refractivity (Wildman–Crippen MR) is 85.7 cm³/mol. The van der Waals surface area contributed by atoms with Gasteiger partial charge in [-0.25, -0.2) is 0 Å². The van der Waals surface area contributed by atoms with Crippen LogP contribution in [0.15, 0.2) is 18.2 Å². The van der Waals surface area contributed by atoms with Crippen molar-refractivity contribution in [3.05, 3.63) is 28.2 Å². The van der Waals surface area contributed by atoms with Gasteiger partial charge in [-0.3, -0.25) is 4.79 Å². The summed E-state index contributed by atoms with van der Waals surface area (Å²) in [5, 5.41) is 6.92. The van der Waals surface area contributed by atoms with Crippen LogP contribution < -0.4 is 10.6 Å². The number of nitrogens with zero attached hydrogens (tertiary/aromatic N) is 1. The second-order valence-corrected chi connectivity index (χ2v) is 5.53. The van der Waals surface area contributed by atoms with E-state index in [-0.39, 0.29) is 5.91 Å². The highest BCUT2D eigenvalue weighted by atomic mass is 35.5. The molecule has 112 valence electrons. The second kappa shape index (κ2) is 9.19. The second-order valence-electron chi connectivity index (χ2n) is 4.68. The number of hydrogen-bond acceptors (Lipinski definition) is 3. The molecular weight excluding hydrogens is 297 g/mol. The number of rotatable bonds is 8. The SMILES string of the molecule is CNCCCN(C)CCC(=O)Nc1cc(Cl)ccc1Cl. The molecule has 1 aromatic rings. The monoisotopic (exact) mass is 317 g/mol. The summed E-state index contributed by atoms with van der Waals surface area (Å²) >= 11 is 11.9. The number of benzene rings is 1. The summed E-state index contributed by atoms with van der Waals surface area (Å²) in [6.07, 6.45) is 1.49. The van der Waals surface area contributed by atoms with Crippen LogP contribution in [0.5, 0.6) is 0 Å². The van der Waals surface area contributed by atoms with E-state index >= 15 is 0 Å². The lowest BCUT2D eigenvalue weighted by Gasteiger charge is -2.16. The van der Waals surface area contributed by atoms with E-state index in [0.29, 0.717) is 28.7 Å². The van der Waals surface area contributed by atoms with E-state index in [1.54, 1.807) is 18.2 Å². The number of carbonyl (C=O) groups excluding carboxylic acids is 1. The quantitative estimate of drug-likeness (QED) is 0.725. The first-order chi connectivity index (χ1) is 9.52. The van der Waals surface area contributed by atoms with Crippen LogP contribution in [0.3, 0.4) is 0 Å². The Morgan fingerprint density at radius 2 is 2.05 bits per heavy atom. The van der Waals surface area contributed by atoms with Crippen molar-refractivity contribution in [3.8, 4) is 0 Å². The third-order valence-electron chi connectivity index (χ3n) is 2.89. The molecule has 0 aliphatic carbocycles. The van der Waals surface area contributed by atoms with E-state index in [0.717, 1.165) is 19.5 Å². The fourth-order valence-electron chi connectivity index (χ4n) is 1.74. The van der Waals surface area contributed by atoms with Crippen LogP contribution in [0.25, 0.3) is 0 Å². The molecule has 0 heterocycles. The number of carbonyl (C=O) groups is 1. The van der Waals surface area contributed by atoms with Gasteiger partial charge in [0.05, 0.1) is 10.7 Å². The number of anilines is 1. The predicted octanol–water partition coefficient (Wildman–Crippen LogP) is 2.86. The standard InChI is InChI=1S/C14H21Cl2N3O/c1-17-7-3-8-19(2)9-6-14(20)18-13-10-11(15)4-5-12(13)16/h4-5,10,17H,3,6-9H2,1-2H3,(H,18,20). The number of amides is 1. The Morgan fingerprint density at radius 1 is 1.30 bits per heavy atom. The van der Waals surface area contributed by atoms with E-state index in [9.17, 15) is 4.79 Å². The molecule has 0 aromatic heterocycles. The normalized spacial score (nSPS) is 10.8.